The van der Waals surface area contributed by atoms with Gasteiger partial charge < -0.3 is 9.84 Å². The van der Waals surface area contributed by atoms with E-state index >= 15 is 0 Å². The van der Waals surface area contributed by atoms with Crippen LogP contribution in [0.2, 0.25) is 0 Å². The Morgan fingerprint density at radius 2 is 2.12 bits per heavy atom. The Hall–Kier alpha value is -0.870. The van der Waals surface area contributed by atoms with E-state index in [0.29, 0.717) is 5.90 Å². The summed E-state index contributed by atoms with van der Waals surface area (Å²) < 4.78 is 6.89. The summed E-state index contributed by atoms with van der Waals surface area (Å²) in [5.41, 5.74) is 0.997. The van der Waals surface area contributed by atoms with Gasteiger partial charge >= 0.3 is 0 Å². The zero-order valence-electron chi connectivity index (χ0n) is 9.34. The molecule has 1 heterocycles. The first-order valence-corrected chi connectivity index (χ1v) is 6.71. The predicted octanol–water partition coefficient (Wildman–Crippen LogP) is 2.51. The summed E-state index contributed by atoms with van der Waals surface area (Å²) in [6.07, 6.45) is 2.37. The molecular weight excluding hydrogens is 282 g/mol. The summed E-state index contributed by atoms with van der Waals surface area (Å²) in [5.74, 6) is 0.710. The molecule has 3 rings (SSSR count). The molecule has 1 saturated carbocycles. The number of aliphatic imine (C=N–C) groups is 1. The van der Waals surface area contributed by atoms with Crippen LogP contribution in [0, 0.1) is 0 Å². The highest BCUT2D eigenvalue weighted by Crippen LogP contribution is 2.31. The minimum atomic E-state index is -0.220. The maximum atomic E-state index is 9.63. The Morgan fingerprint density at radius 3 is 2.94 bits per heavy atom. The number of benzene rings is 1. The number of aliphatic hydroxyl groups excluding tert-OH is 1. The fourth-order valence-corrected chi connectivity index (χ4v) is 2.92. The van der Waals surface area contributed by atoms with Crippen molar-refractivity contribution in [3.05, 3.63) is 34.3 Å². The fourth-order valence-electron chi connectivity index (χ4n) is 2.46. The van der Waals surface area contributed by atoms with Crippen LogP contribution < -0.4 is 0 Å². The van der Waals surface area contributed by atoms with Crippen LogP contribution in [-0.4, -0.2) is 29.3 Å². The van der Waals surface area contributed by atoms with Crippen LogP contribution in [0.5, 0.6) is 0 Å². The van der Waals surface area contributed by atoms with Crippen molar-refractivity contribution >= 4 is 21.8 Å². The highest BCUT2D eigenvalue weighted by Gasteiger charge is 2.37. The summed E-state index contributed by atoms with van der Waals surface area (Å²) in [6, 6.07) is 8.05. The highest BCUT2D eigenvalue weighted by molar-refractivity contribution is 9.10. The third kappa shape index (κ3) is 2.11. The number of aliphatic hydroxyl groups is 1. The normalized spacial score (nSPS) is 31.6. The molecule has 3 nitrogen and oxygen atoms in total. The number of nitrogens with zero attached hydrogens (tertiary/aromatic N) is 1. The van der Waals surface area contributed by atoms with Gasteiger partial charge in [0.1, 0.15) is 6.10 Å². The third-order valence-corrected chi connectivity index (χ3v) is 4.07. The number of hydrogen-bond acceptors (Lipinski definition) is 3. The first kappa shape index (κ1) is 11.2. The first-order valence-electron chi connectivity index (χ1n) is 5.91. The van der Waals surface area contributed by atoms with Gasteiger partial charge in [0.25, 0.3) is 0 Å². The second kappa shape index (κ2) is 4.42. The zero-order chi connectivity index (χ0) is 11.8. The maximum Gasteiger partial charge on any atom is 0.217 e. The molecule has 90 valence electrons. The van der Waals surface area contributed by atoms with Crippen LogP contribution >= 0.6 is 15.9 Å². The molecule has 0 saturated heterocycles. The van der Waals surface area contributed by atoms with Crippen molar-refractivity contribution in [1.29, 1.82) is 0 Å². The molecule has 1 aliphatic heterocycles. The number of rotatable bonds is 1. The van der Waals surface area contributed by atoms with Gasteiger partial charge in [-0.05, 0) is 47.3 Å². The van der Waals surface area contributed by atoms with Crippen molar-refractivity contribution in [3.63, 3.8) is 0 Å². The van der Waals surface area contributed by atoms with Crippen molar-refractivity contribution in [3.8, 4) is 0 Å². The van der Waals surface area contributed by atoms with Crippen LogP contribution in [0.1, 0.15) is 24.8 Å². The molecule has 4 heteroatoms. The molecule has 0 aromatic heterocycles. The summed E-state index contributed by atoms with van der Waals surface area (Å²) in [4.78, 5) is 4.60. The largest absolute Gasteiger partial charge is 0.472 e. The van der Waals surface area contributed by atoms with Crippen LogP contribution in [0.25, 0.3) is 0 Å². The SMILES string of the molecule is OC1CCC2OC(c3ccccc3Br)=NC2C1. The number of hydrogen-bond donors (Lipinski definition) is 1. The molecule has 1 fully saturated rings. The van der Waals surface area contributed by atoms with Gasteiger partial charge in [-0.2, -0.15) is 0 Å². The Labute approximate surface area is 109 Å². The standard InChI is InChI=1S/C13H14BrNO2/c14-10-4-2-1-3-9(10)13-15-11-7-8(16)5-6-12(11)17-13/h1-4,8,11-12,16H,5-7H2. The van der Waals surface area contributed by atoms with Crippen molar-refractivity contribution in [2.24, 2.45) is 4.99 Å². The topological polar surface area (TPSA) is 41.8 Å². The second-order valence-corrected chi connectivity index (χ2v) is 5.46. The summed E-state index contributed by atoms with van der Waals surface area (Å²) in [6.45, 7) is 0. The molecule has 1 aromatic carbocycles. The lowest BCUT2D eigenvalue weighted by Gasteiger charge is -2.26. The lowest BCUT2D eigenvalue weighted by atomic mass is 9.91. The monoisotopic (exact) mass is 295 g/mol. The minimum Gasteiger partial charge on any atom is -0.472 e. The average Bonchev–Trinajstić information content (AvgIpc) is 2.72. The molecular formula is C13H14BrNO2. The van der Waals surface area contributed by atoms with Crippen molar-refractivity contribution < 1.29 is 9.84 Å². The van der Waals surface area contributed by atoms with E-state index in [0.717, 1.165) is 29.3 Å². The van der Waals surface area contributed by atoms with Crippen molar-refractivity contribution in [2.75, 3.05) is 0 Å². The molecule has 0 radical (unpaired) electrons. The van der Waals surface area contributed by atoms with E-state index in [1.54, 1.807) is 0 Å². The molecule has 3 unspecified atom stereocenters. The molecule has 0 spiro atoms. The molecule has 1 N–H and O–H groups in total. The van der Waals surface area contributed by atoms with Gasteiger partial charge in [-0.3, -0.25) is 0 Å². The van der Waals surface area contributed by atoms with E-state index < -0.39 is 0 Å². The van der Waals surface area contributed by atoms with Crippen molar-refractivity contribution in [2.45, 2.75) is 37.5 Å². The zero-order valence-corrected chi connectivity index (χ0v) is 10.9. The van der Waals surface area contributed by atoms with Gasteiger partial charge in [-0.15, -0.1) is 0 Å². The quantitative estimate of drug-likeness (QED) is 0.865. The van der Waals surface area contributed by atoms with Crippen LogP contribution in [-0.2, 0) is 4.74 Å². The van der Waals surface area contributed by atoms with E-state index in [-0.39, 0.29) is 18.2 Å². The van der Waals surface area contributed by atoms with Crippen molar-refractivity contribution in [1.82, 2.24) is 0 Å². The minimum absolute atomic E-state index is 0.126. The molecule has 3 atom stereocenters. The fraction of sp³-hybridized carbons (Fsp3) is 0.462. The average molecular weight is 296 g/mol. The highest BCUT2D eigenvalue weighted by atomic mass is 79.9. The van der Waals surface area contributed by atoms with E-state index in [1.165, 1.54) is 0 Å². The summed E-state index contributed by atoms with van der Waals surface area (Å²) >= 11 is 3.51. The Bertz CT molecular complexity index is 460. The van der Waals surface area contributed by atoms with Gasteiger partial charge in [0.05, 0.1) is 17.7 Å². The molecule has 1 aliphatic carbocycles. The van der Waals surface area contributed by atoms with Gasteiger partial charge in [-0.25, -0.2) is 4.99 Å². The smallest absolute Gasteiger partial charge is 0.217 e. The van der Waals surface area contributed by atoms with Gasteiger partial charge in [0.2, 0.25) is 5.90 Å². The first-order chi connectivity index (χ1) is 8.24. The number of ether oxygens (including phenoxy) is 1. The lowest BCUT2D eigenvalue weighted by Crippen LogP contribution is -2.33. The number of halogens is 1. The molecule has 2 aliphatic rings. The van der Waals surface area contributed by atoms with E-state index in [4.69, 9.17) is 4.74 Å². The molecule has 17 heavy (non-hydrogen) atoms. The Morgan fingerprint density at radius 1 is 1.29 bits per heavy atom. The van der Waals surface area contributed by atoms with Crippen LogP contribution in [0.15, 0.2) is 33.7 Å². The van der Waals surface area contributed by atoms with Crippen LogP contribution in [0.3, 0.4) is 0 Å². The molecule has 0 bridgehead atoms. The predicted molar refractivity (Wildman–Crippen MR) is 69.2 cm³/mol. The molecule has 0 amide bonds. The van der Waals surface area contributed by atoms with Gasteiger partial charge in [-0.1, -0.05) is 12.1 Å². The van der Waals surface area contributed by atoms with Crippen LogP contribution in [0.4, 0.5) is 0 Å². The second-order valence-electron chi connectivity index (χ2n) is 4.60. The summed E-state index contributed by atoms with van der Waals surface area (Å²) in [5, 5.41) is 9.63. The number of fused-ring (bicyclic) bond motifs is 1. The Kier molecular flexibility index (Phi) is 2.92. The summed E-state index contributed by atoms with van der Waals surface area (Å²) in [7, 11) is 0. The van der Waals surface area contributed by atoms with E-state index in [2.05, 4.69) is 20.9 Å². The Balaban J connectivity index is 1.87. The van der Waals surface area contributed by atoms with Gasteiger partial charge in [0, 0.05) is 4.47 Å². The lowest BCUT2D eigenvalue weighted by molar-refractivity contribution is 0.0624. The van der Waals surface area contributed by atoms with E-state index in [9.17, 15) is 5.11 Å². The van der Waals surface area contributed by atoms with E-state index in [1.807, 2.05) is 24.3 Å². The maximum absolute atomic E-state index is 9.63. The van der Waals surface area contributed by atoms with Gasteiger partial charge in [0.15, 0.2) is 0 Å². The third-order valence-electron chi connectivity index (χ3n) is 3.38. The molecule has 1 aromatic rings.